The number of nitrogens with one attached hydrogen (secondary N) is 2. The number of benzene rings is 1. The SMILES string of the molecule is Cc1cc(=O)c(C(=O)NCCc2ccc(F)cc2C)c[nH]1. The highest BCUT2D eigenvalue weighted by Crippen LogP contribution is 2.10. The van der Waals surface area contributed by atoms with Gasteiger partial charge in [0.2, 0.25) is 0 Å². The first-order valence-corrected chi connectivity index (χ1v) is 6.70. The Morgan fingerprint density at radius 2 is 2.05 bits per heavy atom. The summed E-state index contributed by atoms with van der Waals surface area (Å²) in [7, 11) is 0. The van der Waals surface area contributed by atoms with Gasteiger partial charge in [0.05, 0.1) is 0 Å². The van der Waals surface area contributed by atoms with Crippen molar-refractivity contribution in [1.29, 1.82) is 0 Å². The third-order valence-electron chi connectivity index (χ3n) is 3.29. The molecule has 1 aromatic carbocycles. The fraction of sp³-hybridized carbons (Fsp3) is 0.250. The van der Waals surface area contributed by atoms with Crippen LogP contribution in [0.3, 0.4) is 0 Å². The molecular weight excluding hydrogens is 271 g/mol. The van der Waals surface area contributed by atoms with Gasteiger partial charge in [0, 0.05) is 24.5 Å². The van der Waals surface area contributed by atoms with Crippen molar-refractivity contribution in [1.82, 2.24) is 10.3 Å². The van der Waals surface area contributed by atoms with Crippen LogP contribution in [-0.4, -0.2) is 17.4 Å². The minimum Gasteiger partial charge on any atom is -0.364 e. The predicted molar refractivity (Wildman–Crippen MR) is 79.0 cm³/mol. The van der Waals surface area contributed by atoms with Crippen molar-refractivity contribution in [2.45, 2.75) is 20.3 Å². The van der Waals surface area contributed by atoms with E-state index in [0.29, 0.717) is 18.7 Å². The maximum Gasteiger partial charge on any atom is 0.256 e. The number of hydrogen-bond donors (Lipinski definition) is 2. The molecule has 0 aliphatic heterocycles. The summed E-state index contributed by atoms with van der Waals surface area (Å²) in [4.78, 5) is 26.4. The van der Waals surface area contributed by atoms with E-state index in [2.05, 4.69) is 10.3 Å². The van der Waals surface area contributed by atoms with Gasteiger partial charge in [-0.2, -0.15) is 0 Å². The van der Waals surface area contributed by atoms with E-state index in [1.54, 1.807) is 13.0 Å². The summed E-state index contributed by atoms with van der Waals surface area (Å²) in [5.41, 5.74) is 2.31. The highest BCUT2D eigenvalue weighted by molar-refractivity contribution is 5.93. The molecule has 0 radical (unpaired) electrons. The second-order valence-corrected chi connectivity index (χ2v) is 4.97. The number of halogens is 1. The van der Waals surface area contributed by atoms with Gasteiger partial charge in [0.1, 0.15) is 11.4 Å². The van der Waals surface area contributed by atoms with Crippen LogP contribution in [0.2, 0.25) is 0 Å². The fourth-order valence-corrected chi connectivity index (χ4v) is 2.10. The number of aromatic amines is 1. The van der Waals surface area contributed by atoms with Crippen molar-refractivity contribution in [2.75, 3.05) is 6.54 Å². The van der Waals surface area contributed by atoms with Crippen LogP contribution in [0, 0.1) is 19.7 Å². The molecule has 5 heteroatoms. The molecule has 4 nitrogen and oxygen atoms in total. The number of amides is 1. The fourth-order valence-electron chi connectivity index (χ4n) is 2.10. The van der Waals surface area contributed by atoms with E-state index >= 15 is 0 Å². The average Bonchev–Trinajstić information content (AvgIpc) is 2.41. The second-order valence-electron chi connectivity index (χ2n) is 4.97. The minimum atomic E-state index is -0.406. The van der Waals surface area contributed by atoms with Crippen molar-refractivity contribution in [3.63, 3.8) is 0 Å². The molecule has 0 atom stereocenters. The number of rotatable bonds is 4. The van der Waals surface area contributed by atoms with E-state index in [1.807, 2.05) is 6.92 Å². The summed E-state index contributed by atoms with van der Waals surface area (Å²) < 4.78 is 13.0. The van der Waals surface area contributed by atoms with Gasteiger partial charge in [0.25, 0.3) is 5.91 Å². The van der Waals surface area contributed by atoms with E-state index in [4.69, 9.17) is 0 Å². The molecule has 1 heterocycles. The minimum absolute atomic E-state index is 0.0939. The van der Waals surface area contributed by atoms with Crippen LogP contribution >= 0.6 is 0 Å². The highest BCUT2D eigenvalue weighted by Gasteiger charge is 2.09. The summed E-state index contributed by atoms with van der Waals surface area (Å²) in [5.74, 6) is -0.678. The van der Waals surface area contributed by atoms with Crippen LogP contribution in [0.25, 0.3) is 0 Å². The zero-order chi connectivity index (χ0) is 15.4. The first kappa shape index (κ1) is 15.0. The van der Waals surface area contributed by atoms with Crippen LogP contribution < -0.4 is 10.7 Å². The van der Waals surface area contributed by atoms with Crippen LogP contribution in [0.15, 0.2) is 35.3 Å². The van der Waals surface area contributed by atoms with Gasteiger partial charge in [-0.1, -0.05) is 6.07 Å². The third-order valence-corrected chi connectivity index (χ3v) is 3.29. The van der Waals surface area contributed by atoms with E-state index in [0.717, 1.165) is 11.1 Å². The Labute approximate surface area is 122 Å². The molecular formula is C16H17FN2O2. The summed E-state index contributed by atoms with van der Waals surface area (Å²) in [6, 6.07) is 5.95. The molecule has 0 aliphatic carbocycles. The van der Waals surface area contributed by atoms with Crippen molar-refractivity contribution < 1.29 is 9.18 Å². The molecule has 2 rings (SSSR count). The summed E-state index contributed by atoms with van der Waals surface area (Å²) in [6.07, 6.45) is 2.00. The Morgan fingerprint density at radius 1 is 1.29 bits per heavy atom. The summed E-state index contributed by atoms with van der Waals surface area (Å²) >= 11 is 0. The quantitative estimate of drug-likeness (QED) is 0.905. The Bertz CT molecular complexity index is 722. The lowest BCUT2D eigenvalue weighted by Gasteiger charge is -2.07. The Hall–Kier alpha value is -2.43. The van der Waals surface area contributed by atoms with Gasteiger partial charge in [0.15, 0.2) is 5.43 Å². The first-order valence-electron chi connectivity index (χ1n) is 6.70. The van der Waals surface area contributed by atoms with Gasteiger partial charge in [-0.05, 0) is 43.5 Å². The van der Waals surface area contributed by atoms with Gasteiger partial charge in [-0.3, -0.25) is 9.59 Å². The molecule has 2 aromatic rings. The van der Waals surface area contributed by atoms with Gasteiger partial charge in [-0.15, -0.1) is 0 Å². The molecule has 0 spiro atoms. The Kier molecular flexibility index (Phi) is 4.52. The van der Waals surface area contributed by atoms with Crippen molar-refractivity contribution in [3.8, 4) is 0 Å². The number of aryl methyl sites for hydroxylation is 2. The molecule has 21 heavy (non-hydrogen) atoms. The van der Waals surface area contributed by atoms with E-state index < -0.39 is 5.91 Å². The van der Waals surface area contributed by atoms with E-state index in [9.17, 15) is 14.0 Å². The smallest absolute Gasteiger partial charge is 0.256 e. The predicted octanol–water partition coefficient (Wildman–Crippen LogP) is 2.10. The Morgan fingerprint density at radius 3 is 2.71 bits per heavy atom. The van der Waals surface area contributed by atoms with Crippen molar-refractivity contribution in [2.24, 2.45) is 0 Å². The number of carbonyl (C=O) groups excluding carboxylic acids is 1. The normalized spacial score (nSPS) is 10.4. The van der Waals surface area contributed by atoms with Crippen LogP contribution in [0.4, 0.5) is 4.39 Å². The number of H-pyrrole nitrogens is 1. The zero-order valence-corrected chi connectivity index (χ0v) is 12.0. The molecule has 0 unspecified atom stereocenters. The molecule has 0 aliphatic rings. The molecule has 0 saturated heterocycles. The molecule has 0 saturated carbocycles. The molecule has 1 amide bonds. The zero-order valence-electron chi connectivity index (χ0n) is 12.0. The van der Waals surface area contributed by atoms with Crippen molar-refractivity contribution in [3.05, 3.63) is 68.9 Å². The van der Waals surface area contributed by atoms with Gasteiger partial charge < -0.3 is 10.3 Å². The number of hydrogen-bond acceptors (Lipinski definition) is 2. The van der Waals surface area contributed by atoms with Crippen LogP contribution in [0.5, 0.6) is 0 Å². The topological polar surface area (TPSA) is 62.0 Å². The molecule has 1 aromatic heterocycles. The molecule has 0 bridgehead atoms. The van der Waals surface area contributed by atoms with Crippen LogP contribution in [-0.2, 0) is 6.42 Å². The molecule has 0 fully saturated rings. The number of carbonyl (C=O) groups is 1. The lowest BCUT2D eigenvalue weighted by Crippen LogP contribution is -2.30. The highest BCUT2D eigenvalue weighted by atomic mass is 19.1. The molecule has 110 valence electrons. The second kappa shape index (κ2) is 6.35. The lowest BCUT2D eigenvalue weighted by molar-refractivity contribution is 0.0952. The number of aromatic nitrogens is 1. The largest absolute Gasteiger partial charge is 0.364 e. The first-order chi connectivity index (χ1) is 9.97. The van der Waals surface area contributed by atoms with Crippen LogP contribution in [0.1, 0.15) is 27.2 Å². The average molecular weight is 288 g/mol. The number of pyridine rings is 1. The van der Waals surface area contributed by atoms with Crippen molar-refractivity contribution >= 4 is 5.91 Å². The lowest BCUT2D eigenvalue weighted by atomic mass is 10.1. The maximum absolute atomic E-state index is 13.0. The van der Waals surface area contributed by atoms with E-state index in [1.165, 1.54) is 24.4 Å². The summed E-state index contributed by atoms with van der Waals surface area (Å²) in [5, 5.41) is 2.70. The van der Waals surface area contributed by atoms with E-state index in [-0.39, 0.29) is 16.8 Å². The maximum atomic E-state index is 13.0. The van der Waals surface area contributed by atoms with Gasteiger partial charge in [-0.25, -0.2) is 4.39 Å². The third kappa shape index (κ3) is 3.78. The summed E-state index contributed by atoms with van der Waals surface area (Å²) in [6.45, 7) is 3.96. The monoisotopic (exact) mass is 288 g/mol. The molecule has 2 N–H and O–H groups in total. The van der Waals surface area contributed by atoms with Gasteiger partial charge >= 0.3 is 0 Å². The Balaban J connectivity index is 1.97. The standard InChI is InChI=1S/C16H17FN2O2/c1-10-7-13(17)4-3-12(10)5-6-18-16(21)14-9-19-11(2)8-15(14)20/h3-4,7-9H,5-6H2,1-2H3,(H,18,21)(H,19,20).